The number of benzene rings is 3. The van der Waals surface area contributed by atoms with Crippen LogP contribution in [0, 0.1) is 6.92 Å². The van der Waals surface area contributed by atoms with Gasteiger partial charge >= 0.3 is 0 Å². The summed E-state index contributed by atoms with van der Waals surface area (Å²) in [6, 6.07) is 23.0. The van der Waals surface area contributed by atoms with Crippen molar-refractivity contribution in [3.8, 4) is 17.1 Å². The number of halogens is 2. The Hall–Kier alpha value is -3.13. The third-order valence-corrected chi connectivity index (χ3v) is 6.26. The lowest BCUT2D eigenvalue weighted by Gasteiger charge is -2.10. The average Bonchev–Trinajstić information content (AvgIpc) is 3.24. The van der Waals surface area contributed by atoms with Crippen molar-refractivity contribution in [2.24, 2.45) is 5.10 Å². The SMILES string of the molecule is Cc1ccc(-c2nnc(SCC(=O)N/N=C\c3c(Cl)cccc3Cl)n2-c2ccccc2)cc1. The summed E-state index contributed by atoms with van der Waals surface area (Å²) in [5.74, 6) is 0.515. The summed E-state index contributed by atoms with van der Waals surface area (Å²) in [6.07, 6.45) is 1.43. The van der Waals surface area contributed by atoms with Crippen LogP contribution in [0.25, 0.3) is 17.1 Å². The normalized spacial score (nSPS) is 11.1. The van der Waals surface area contributed by atoms with Gasteiger partial charge in [0.1, 0.15) is 0 Å². The Labute approximate surface area is 205 Å². The molecule has 1 heterocycles. The van der Waals surface area contributed by atoms with Crippen molar-refractivity contribution in [1.29, 1.82) is 0 Å². The first-order chi connectivity index (χ1) is 16.0. The van der Waals surface area contributed by atoms with Gasteiger partial charge in [0.2, 0.25) is 0 Å². The Bertz CT molecular complexity index is 1270. The maximum Gasteiger partial charge on any atom is 0.250 e. The van der Waals surface area contributed by atoms with Crippen LogP contribution in [-0.2, 0) is 4.79 Å². The van der Waals surface area contributed by atoms with E-state index in [1.807, 2.05) is 66.1 Å². The Morgan fingerprint density at radius 2 is 1.70 bits per heavy atom. The topological polar surface area (TPSA) is 72.2 Å². The van der Waals surface area contributed by atoms with Crippen molar-refractivity contribution >= 4 is 47.1 Å². The summed E-state index contributed by atoms with van der Waals surface area (Å²) in [7, 11) is 0. The molecular formula is C24H19Cl2N5OS. The molecular weight excluding hydrogens is 477 g/mol. The summed E-state index contributed by atoms with van der Waals surface area (Å²) in [4.78, 5) is 12.4. The second-order valence-electron chi connectivity index (χ2n) is 7.06. The highest BCUT2D eigenvalue weighted by Gasteiger charge is 2.17. The number of aromatic nitrogens is 3. The number of carbonyl (C=O) groups is 1. The van der Waals surface area contributed by atoms with E-state index in [2.05, 4.69) is 20.7 Å². The molecule has 4 rings (SSSR count). The molecule has 1 amide bonds. The molecule has 0 atom stereocenters. The van der Waals surface area contributed by atoms with Crippen molar-refractivity contribution in [1.82, 2.24) is 20.2 Å². The van der Waals surface area contributed by atoms with Gasteiger partial charge in [-0.05, 0) is 31.2 Å². The maximum atomic E-state index is 12.4. The molecule has 0 unspecified atom stereocenters. The highest BCUT2D eigenvalue weighted by Crippen LogP contribution is 2.28. The standard InChI is InChI=1S/C24H19Cl2N5OS/c1-16-10-12-17(13-11-16)23-29-30-24(31(23)18-6-3-2-4-7-18)33-15-22(32)28-27-14-19-20(25)8-5-9-21(19)26/h2-14H,15H2,1H3,(H,28,32)/b27-14-. The van der Waals surface area contributed by atoms with Gasteiger partial charge < -0.3 is 0 Å². The molecule has 0 aliphatic rings. The molecule has 6 nitrogen and oxygen atoms in total. The van der Waals surface area contributed by atoms with Crippen LogP contribution in [0.15, 0.2) is 83.1 Å². The summed E-state index contributed by atoms with van der Waals surface area (Å²) >= 11 is 13.5. The molecule has 0 spiro atoms. The average molecular weight is 496 g/mol. The van der Waals surface area contributed by atoms with Crippen LogP contribution < -0.4 is 5.43 Å². The van der Waals surface area contributed by atoms with Gasteiger partial charge in [-0.1, -0.05) is 89.1 Å². The summed E-state index contributed by atoms with van der Waals surface area (Å²) < 4.78 is 1.94. The number of amides is 1. The van der Waals surface area contributed by atoms with Crippen molar-refractivity contribution in [2.75, 3.05) is 5.75 Å². The minimum atomic E-state index is -0.293. The Balaban J connectivity index is 1.50. The fourth-order valence-electron chi connectivity index (χ4n) is 3.03. The van der Waals surface area contributed by atoms with Gasteiger partial charge in [-0.3, -0.25) is 9.36 Å². The Morgan fingerprint density at radius 3 is 2.39 bits per heavy atom. The van der Waals surface area contributed by atoms with E-state index in [-0.39, 0.29) is 11.7 Å². The van der Waals surface area contributed by atoms with Gasteiger partial charge in [-0.15, -0.1) is 10.2 Å². The number of carbonyl (C=O) groups excluding carboxylic acids is 1. The molecule has 3 aromatic carbocycles. The van der Waals surface area contributed by atoms with Crippen LogP contribution in [0.4, 0.5) is 0 Å². The largest absolute Gasteiger partial charge is 0.272 e. The monoisotopic (exact) mass is 495 g/mol. The lowest BCUT2D eigenvalue weighted by Crippen LogP contribution is -2.20. The van der Waals surface area contributed by atoms with Crippen molar-refractivity contribution in [2.45, 2.75) is 12.1 Å². The van der Waals surface area contributed by atoms with Crippen molar-refractivity contribution in [3.05, 3.63) is 94.0 Å². The number of hydrazone groups is 1. The van der Waals surface area contributed by atoms with Crippen LogP contribution in [0.3, 0.4) is 0 Å². The van der Waals surface area contributed by atoms with E-state index in [0.29, 0.717) is 26.6 Å². The van der Waals surface area contributed by atoms with E-state index >= 15 is 0 Å². The molecule has 0 aliphatic carbocycles. The second kappa shape index (κ2) is 10.7. The number of nitrogens with one attached hydrogen (secondary N) is 1. The van der Waals surface area contributed by atoms with E-state index in [1.165, 1.54) is 18.0 Å². The van der Waals surface area contributed by atoms with E-state index in [0.717, 1.165) is 16.8 Å². The van der Waals surface area contributed by atoms with Gasteiger partial charge in [-0.2, -0.15) is 5.10 Å². The molecule has 0 saturated heterocycles. The molecule has 0 aliphatic heterocycles. The van der Waals surface area contributed by atoms with Crippen molar-refractivity contribution in [3.63, 3.8) is 0 Å². The molecule has 166 valence electrons. The van der Waals surface area contributed by atoms with E-state index < -0.39 is 0 Å². The van der Waals surface area contributed by atoms with Crippen LogP contribution in [0.1, 0.15) is 11.1 Å². The first kappa shape index (κ1) is 23.0. The highest BCUT2D eigenvalue weighted by molar-refractivity contribution is 7.99. The second-order valence-corrected chi connectivity index (χ2v) is 8.82. The number of aryl methyl sites for hydroxylation is 1. The van der Waals surface area contributed by atoms with E-state index in [9.17, 15) is 4.79 Å². The summed E-state index contributed by atoms with van der Waals surface area (Å²) in [5.41, 5.74) is 6.05. The molecule has 1 aromatic heterocycles. The van der Waals surface area contributed by atoms with Crippen LogP contribution in [0.2, 0.25) is 10.0 Å². The highest BCUT2D eigenvalue weighted by atomic mass is 35.5. The fraction of sp³-hybridized carbons (Fsp3) is 0.0833. The van der Waals surface area contributed by atoms with Gasteiger partial charge in [0, 0.05) is 16.8 Å². The zero-order valence-electron chi connectivity index (χ0n) is 17.6. The predicted molar refractivity (Wildman–Crippen MR) is 134 cm³/mol. The van der Waals surface area contributed by atoms with Crippen LogP contribution in [0.5, 0.6) is 0 Å². The zero-order chi connectivity index (χ0) is 23.2. The van der Waals surface area contributed by atoms with E-state index in [1.54, 1.807) is 18.2 Å². The lowest BCUT2D eigenvalue weighted by atomic mass is 10.1. The minimum Gasteiger partial charge on any atom is -0.272 e. The van der Waals surface area contributed by atoms with Gasteiger partial charge in [0.25, 0.3) is 5.91 Å². The predicted octanol–water partition coefficient (Wildman–Crippen LogP) is 5.79. The quantitative estimate of drug-likeness (QED) is 0.200. The Morgan fingerprint density at radius 1 is 1.00 bits per heavy atom. The zero-order valence-corrected chi connectivity index (χ0v) is 19.9. The van der Waals surface area contributed by atoms with Crippen LogP contribution >= 0.6 is 35.0 Å². The molecule has 0 bridgehead atoms. The minimum absolute atomic E-state index is 0.104. The molecule has 4 aromatic rings. The summed E-state index contributed by atoms with van der Waals surface area (Å²) in [5, 5.41) is 14.2. The lowest BCUT2D eigenvalue weighted by molar-refractivity contribution is -0.118. The molecule has 1 N–H and O–H groups in total. The number of hydrogen-bond donors (Lipinski definition) is 1. The van der Waals surface area contributed by atoms with Crippen LogP contribution in [-0.4, -0.2) is 32.6 Å². The Kier molecular flexibility index (Phi) is 7.44. The molecule has 33 heavy (non-hydrogen) atoms. The third-order valence-electron chi connectivity index (χ3n) is 4.67. The number of rotatable bonds is 7. The first-order valence-electron chi connectivity index (χ1n) is 9.99. The third kappa shape index (κ3) is 5.63. The number of thioether (sulfide) groups is 1. The number of nitrogens with zero attached hydrogens (tertiary/aromatic N) is 4. The van der Waals surface area contributed by atoms with Gasteiger partial charge in [0.15, 0.2) is 11.0 Å². The number of hydrogen-bond acceptors (Lipinski definition) is 5. The molecule has 0 fully saturated rings. The van der Waals surface area contributed by atoms with E-state index in [4.69, 9.17) is 23.2 Å². The van der Waals surface area contributed by atoms with Gasteiger partial charge in [-0.25, -0.2) is 5.43 Å². The molecule has 0 radical (unpaired) electrons. The maximum absolute atomic E-state index is 12.4. The van der Waals surface area contributed by atoms with Gasteiger partial charge in [0.05, 0.1) is 22.0 Å². The first-order valence-corrected chi connectivity index (χ1v) is 11.7. The molecule has 9 heteroatoms. The smallest absolute Gasteiger partial charge is 0.250 e. The fourth-order valence-corrected chi connectivity index (χ4v) is 4.27. The molecule has 0 saturated carbocycles. The summed E-state index contributed by atoms with van der Waals surface area (Å²) in [6.45, 7) is 2.04. The van der Waals surface area contributed by atoms with Crippen molar-refractivity contribution < 1.29 is 4.79 Å². The number of para-hydroxylation sites is 1.